The molecule has 36 heavy (non-hydrogen) atoms. The Morgan fingerprint density at radius 3 is 2.56 bits per heavy atom. The molecule has 2 N–H and O–H groups in total. The number of carbonyl (C=O) groups excluding carboxylic acids is 1. The molecule has 0 spiro atoms. The van der Waals surface area contributed by atoms with Gasteiger partial charge in [0.25, 0.3) is 5.89 Å². The SMILES string of the molecule is CSc1cccc(NC(=O)Nc2ccc(Cn3cnc(-c4nc(-c5ccc(C)cc5)no4)c3)cc2)c1. The number of hydrogen-bond donors (Lipinski definition) is 2. The minimum absolute atomic E-state index is 0.287. The van der Waals surface area contributed by atoms with E-state index in [1.165, 1.54) is 5.56 Å². The van der Waals surface area contributed by atoms with Gasteiger partial charge in [-0.3, -0.25) is 0 Å². The van der Waals surface area contributed by atoms with Crippen molar-refractivity contribution < 1.29 is 9.32 Å². The molecule has 2 aromatic heterocycles. The molecule has 0 bridgehead atoms. The van der Waals surface area contributed by atoms with E-state index in [0.717, 1.165) is 21.7 Å². The number of amides is 2. The van der Waals surface area contributed by atoms with Crippen molar-refractivity contribution in [2.45, 2.75) is 18.4 Å². The van der Waals surface area contributed by atoms with Crippen LogP contribution < -0.4 is 10.6 Å². The zero-order valence-electron chi connectivity index (χ0n) is 19.8. The minimum Gasteiger partial charge on any atom is -0.332 e. The van der Waals surface area contributed by atoms with E-state index in [1.54, 1.807) is 18.1 Å². The molecule has 3 aromatic carbocycles. The number of aryl methyl sites for hydroxylation is 1. The first-order valence-corrected chi connectivity index (χ1v) is 12.5. The third kappa shape index (κ3) is 5.64. The second-order valence-electron chi connectivity index (χ2n) is 8.23. The van der Waals surface area contributed by atoms with E-state index >= 15 is 0 Å². The van der Waals surface area contributed by atoms with Crippen LogP contribution in [0.5, 0.6) is 0 Å². The Kier molecular flexibility index (Phi) is 6.81. The third-order valence-electron chi connectivity index (χ3n) is 5.49. The first-order chi connectivity index (χ1) is 17.6. The Bertz CT molecular complexity index is 1470. The first kappa shape index (κ1) is 23.4. The van der Waals surface area contributed by atoms with Crippen LogP contribution in [0.15, 0.2) is 94.7 Å². The molecule has 0 fully saturated rings. The van der Waals surface area contributed by atoms with E-state index in [2.05, 4.69) is 25.8 Å². The van der Waals surface area contributed by atoms with Gasteiger partial charge in [-0.25, -0.2) is 9.78 Å². The Morgan fingerprint density at radius 1 is 1.00 bits per heavy atom. The fourth-order valence-corrected chi connectivity index (χ4v) is 4.06. The lowest BCUT2D eigenvalue weighted by molar-refractivity contribution is 0.262. The standard InChI is InChI=1S/C27H24N6O2S/c1-18-6-10-20(11-7-18)25-31-26(35-32-25)24-16-33(17-28-24)15-19-8-12-21(13-9-19)29-27(34)30-22-4-3-5-23(14-22)36-2/h3-14,16-17H,15H2,1-2H3,(H2,29,30,34). The van der Waals surface area contributed by atoms with Gasteiger partial charge in [-0.1, -0.05) is 53.2 Å². The van der Waals surface area contributed by atoms with Crippen LogP contribution in [0, 0.1) is 6.92 Å². The van der Waals surface area contributed by atoms with Crippen molar-refractivity contribution in [1.82, 2.24) is 19.7 Å². The molecule has 0 aliphatic rings. The maximum atomic E-state index is 12.3. The van der Waals surface area contributed by atoms with E-state index in [9.17, 15) is 4.79 Å². The predicted octanol–water partition coefficient (Wildman–Crippen LogP) is 6.32. The normalized spacial score (nSPS) is 10.8. The number of aromatic nitrogens is 4. The van der Waals surface area contributed by atoms with Gasteiger partial charge >= 0.3 is 6.03 Å². The van der Waals surface area contributed by atoms with Crippen molar-refractivity contribution in [3.8, 4) is 23.0 Å². The van der Waals surface area contributed by atoms with Crippen LogP contribution in [-0.2, 0) is 6.54 Å². The molecular formula is C27H24N6O2S. The van der Waals surface area contributed by atoms with E-state index in [4.69, 9.17) is 4.52 Å². The van der Waals surface area contributed by atoms with Gasteiger partial charge in [-0.15, -0.1) is 11.8 Å². The zero-order chi connectivity index (χ0) is 24.9. The molecule has 9 heteroatoms. The van der Waals surface area contributed by atoms with Gasteiger partial charge in [0.05, 0.1) is 6.33 Å². The number of imidazole rings is 1. The Hall–Kier alpha value is -4.37. The van der Waals surface area contributed by atoms with Crippen molar-refractivity contribution in [2.24, 2.45) is 0 Å². The molecule has 5 aromatic rings. The minimum atomic E-state index is -0.287. The number of nitrogens with one attached hydrogen (secondary N) is 2. The van der Waals surface area contributed by atoms with E-state index < -0.39 is 0 Å². The first-order valence-electron chi connectivity index (χ1n) is 11.3. The van der Waals surface area contributed by atoms with Crippen molar-refractivity contribution in [3.05, 3.63) is 96.4 Å². The number of anilines is 2. The number of nitrogens with zero attached hydrogens (tertiary/aromatic N) is 4. The Balaban J connectivity index is 1.19. The van der Waals surface area contributed by atoms with Gasteiger partial charge in [0.1, 0.15) is 5.69 Å². The van der Waals surface area contributed by atoms with E-state index in [1.807, 2.05) is 96.7 Å². The summed E-state index contributed by atoms with van der Waals surface area (Å²) in [7, 11) is 0. The molecule has 2 amide bonds. The molecule has 0 aliphatic heterocycles. The van der Waals surface area contributed by atoms with E-state index in [-0.39, 0.29) is 6.03 Å². The summed E-state index contributed by atoms with van der Waals surface area (Å²) in [6.45, 7) is 2.64. The molecule has 2 heterocycles. The number of thioether (sulfide) groups is 1. The average molecular weight is 497 g/mol. The molecule has 0 radical (unpaired) electrons. The zero-order valence-corrected chi connectivity index (χ0v) is 20.6. The number of hydrogen-bond acceptors (Lipinski definition) is 6. The molecule has 0 saturated heterocycles. The molecule has 180 valence electrons. The monoisotopic (exact) mass is 496 g/mol. The van der Waals surface area contributed by atoms with Crippen LogP contribution in [-0.4, -0.2) is 32.0 Å². The van der Waals surface area contributed by atoms with E-state index in [0.29, 0.717) is 29.6 Å². The summed E-state index contributed by atoms with van der Waals surface area (Å²) in [6, 6.07) is 23.1. The molecule has 8 nitrogen and oxygen atoms in total. The van der Waals surface area contributed by atoms with Crippen molar-refractivity contribution in [2.75, 3.05) is 16.9 Å². The van der Waals surface area contributed by atoms with Gasteiger partial charge in [-0.05, 0) is 49.1 Å². The summed E-state index contributed by atoms with van der Waals surface area (Å²) >= 11 is 1.63. The maximum absolute atomic E-state index is 12.3. The van der Waals surface area contributed by atoms with Gasteiger partial charge in [0.15, 0.2) is 0 Å². The summed E-state index contributed by atoms with van der Waals surface area (Å²) in [4.78, 5) is 22.3. The van der Waals surface area contributed by atoms with Gasteiger partial charge in [-0.2, -0.15) is 4.98 Å². The molecule has 5 rings (SSSR count). The molecule has 0 atom stereocenters. The third-order valence-corrected chi connectivity index (χ3v) is 6.22. The second-order valence-corrected chi connectivity index (χ2v) is 9.11. The molecular weight excluding hydrogens is 472 g/mol. The lowest BCUT2D eigenvalue weighted by atomic mass is 10.1. The fourth-order valence-electron chi connectivity index (χ4n) is 3.60. The number of benzene rings is 3. The van der Waals surface area contributed by atoms with Gasteiger partial charge < -0.3 is 19.7 Å². The quantitative estimate of drug-likeness (QED) is 0.256. The fraction of sp³-hybridized carbons (Fsp3) is 0.111. The van der Waals surface area contributed by atoms with Crippen LogP contribution in [0.4, 0.5) is 16.2 Å². The van der Waals surface area contributed by atoms with Crippen LogP contribution in [0.1, 0.15) is 11.1 Å². The summed E-state index contributed by atoms with van der Waals surface area (Å²) in [5.74, 6) is 0.904. The summed E-state index contributed by atoms with van der Waals surface area (Å²) < 4.78 is 7.37. The highest BCUT2D eigenvalue weighted by molar-refractivity contribution is 7.98. The van der Waals surface area contributed by atoms with Crippen LogP contribution >= 0.6 is 11.8 Å². The van der Waals surface area contributed by atoms with Gasteiger partial charge in [0.2, 0.25) is 5.82 Å². The van der Waals surface area contributed by atoms with Gasteiger partial charge in [0, 0.05) is 34.6 Å². The highest BCUT2D eigenvalue weighted by Gasteiger charge is 2.13. The topological polar surface area (TPSA) is 97.9 Å². The molecule has 0 saturated carbocycles. The largest absolute Gasteiger partial charge is 0.332 e. The lowest BCUT2D eigenvalue weighted by Crippen LogP contribution is -2.19. The average Bonchev–Trinajstić information content (AvgIpc) is 3.56. The van der Waals surface area contributed by atoms with Crippen molar-refractivity contribution in [1.29, 1.82) is 0 Å². The molecule has 0 aliphatic carbocycles. The number of carbonyl (C=O) groups is 1. The second kappa shape index (κ2) is 10.5. The smallest absolute Gasteiger partial charge is 0.323 e. The van der Waals surface area contributed by atoms with Crippen molar-refractivity contribution in [3.63, 3.8) is 0 Å². The lowest BCUT2D eigenvalue weighted by Gasteiger charge is -2.09. The molecule has 0 unspecified atom stereocenters. The van der Waals surface area contributed by atoms with Crippen LogP contribution in [0.3, 0.4) is 0 Å². The maximum Gasteiger partial charge on any atom is 0.323 e. The van der Waals surface area contributed by atoms with Crippen LogP contribution in [0.25, 0.3) is 23.0 Å². The summed E-state index contributed by atoms with van der Waals surface area (Å²) in [5, 5.41) is 9.79. The Labute approximate surface area is 212 Å². The predicted molar refractivity (Wildman–Crippen MR) is 142 cm³/mol. The summed E-state index contributed by atoms with van der Waals surface area (Å²) in [6.07, 6.45) is 5.60. The number of rotatable bonds is 7. The highest BCUT2D eigenvalue weighted by atomic mass is 32.2. The number of urea groups is 1. The Morgan fingerprint density at radius 2 is 1.78 bits per heavy atom. The highest BCUT2D eigenvalue weighted by Crippen LogP contribution is 2.22. The van der Waals surface area contributed by atoms with Crippen molar-refractivity contribution >= 4 is 29.2 Å². The van der Waals surface area contributed by atoms with Crippen LogP contribution in [0.2, 0.25) is 0 Å². The summed E-state index contributed by atoms with van der Waals surface area (Å²) in [5.41, 5.74) is 5.19.